The largest absolute Gasteiger partial charge is 0.480 e. The number of rotatable bonds is 3. The van der Waals surface area contributed by atoms with Crippen molar-refractivity contribution in [2.45, 2.75) is 24.3 Å². The average molecular weight is 233 g/mol. The Kier molecular flexibility index (Phi) is 3.49. The molecule has 0 amide bonds. The number of hydrogen-bond donors (Lipinski definition) is 1. The first-order valence-electron chi connectivity index (χ1n) is 5.50. The Morgan fingerprint density at radius 3 is 3.00 bits per heavy atom. The van der Waals surface area contributed by atoms with Gasteiger partial charge in [-0.1, -0.05) is 0 Å². The molecular formula is C10H17ClN2O2. The summed E-state index contributed by atoms with van der Waals surface area (Å²) in [4.78, 5) is 15.3. The molecule has 0 radical (unpaired) electrons. The van der Waals surface area contributed by atoms with Gasteiger partial charge in [0.1, 0.15) is 5.38 Å². The molecule has 0 aromatic carbocycles. The average Bonchev–Trinajstić information content (AvgIpc) is 2.64. The van der Waals surface area contributed by atoms with Crippen molar-refractivity contribution in [3.63, 3.8) is 0 Å². The molecule has 0 aromatic heterocycles. The van der Waals surface area contributed by atoms with Gasteiger partial charge in [0.25, 0.3) is 0 Å². The van der Waals surface area contributed by atoms with E-state index in [2.05, 4.69) is 9.80 Å². The van der Waals surface area contributed by atoms with E-state index in [9.17, 15) is 4.79 Å². The number of carbonyl (C=O) groups is 1. The number of hydrogen-bond acceptors (Lipinski definition) is 3. The van der Waals surface area contributed by atoms with Gasteiger partial charge in [-0.25, -0.2) is 0 Å². The molecule has 1 N–H and O–H groups in total. The molecule has 2 aliphatic rings. The first-order chi connectivity index (χ1) is 7.16. The summed E-state index contributed by atoms with van der Waals surface area (Å²) in [6.45, 7) is 4.68. The van der Waals surface area contributed by atoms with Gasteiger partial charge in [0, 0.05) is 32.2 Å². The van der Waals surface area contributed by atoms with E-state index in [-0.39, 0.29) is 0 Å². The summed E-state index contributed by atoms with van der Waals surface area (Å²) < 4.78 is 0. The topological polar surface area (TPSA) is 43.8 Å². The van der Waals surface area contributed by atoms with Gasteiger partial charge in [-0.2, -0.15) is 0 Å². The molecule has 2 heterocycles. The van der Waals surface area contributed by atoms with E-state index in [1.165, 1.54) is 19.4 Å². The lowest BCUT2D eigenvalue weighted by molar-refractivity contribution is -0.137. The molecule has 15 heavy (non-hydrogen) atoms. The Labute approximate surface area is 94.8 Å². The molecule has 2 atom stereocenters. The van der Waals surface area contributed by atoms with Crippen molar-refractivity contribution in [3.8, 4) is 0 Å². The maximum Gasteiger partial charge on any atom is 0.322 e. The van der Waals surface area contributed by atoms with Crippen molar-refractivity contribution in [1.29, 1.82) is 0 Å². The zero-order chi connectivity index (χ0) is 10.8. The van der Waals surface area contributed by atoms with Crippen LogP contribution in [0.15, 0.2) is 0 Å². The fraction of sp³-hybridized carbons (Fsp3) is 0.900. The van der Waals surface area contributed by atoms with Crippen molar-refractivity contribution in [3.05, 3.63) is 0 Å². The van der Waals surface area contributed by atoms with Gasteiger partial charge >= 0.3 is 5.97 Å². The molecule has 4 nitrogen and oxygen atoms in total. The number of alkyl halides is 1. The molecule has 2 fully saturated rings. The van der Waals surface area contributed by atoms with Crippen molar-refractivity contribution >= 4 is 17.6 Å². The number of carboxylic acid groups (broad SMARTS) is 1. The predicted octanol–water partition coefficient (Wildman–Crippen LogP) is 0.458. The predicted molar refractivity (Wildman–Crippen MR) is 58.3 cm³/mol. The van der Waals surface area contributed by atoms with Crippen LogP contribution in [-0.2, 0) is 4.79 Å². The molecule has 0 saturated carbocycles. The summed E-state index contributed by atoms with van der Waals surface area (Å²) in [5, 5.41) is 7.97. The van der Waals surface area contributed by atoms with Gasteiger partial charge in [0.15, 0.2) is 0 Å². The van der Waals surface area contributed by atoms with Crippen LogP contribution in [0.1, 0.15) is 12.8 Å². The van der Waals surface area contributed by atoms with E-state index in [0.29, 0.717) is 12.6 Å². The summed E-state index contributed by atoms with van der Waals surface area (Å²) in [6, 6.07) is 0.636. The first-order valence-corrected chi connectivity index (χ1v) is 5.94. The molecule has 5 heteroatoms. The van der Waals surface area contributed by atoms with Crippen LogP contribution in [0.3, 0.4) is 0 Å². The molecule has 2 saturated heterocycles. The fourth-order valence-corrected chi connectivity index (χ4v) is 2.72. The summed E-state index contributed by atoms with van der Waals surface area (Å²) in [6.07, 6.45) is 2.53. The van der Waals surface area contributed by atoms with Crippen molar-refractivity contribution in [2.24, 2.45) is 0 Å². The minimum Gasteiger partial charge on any atom is -0.480 e. The van der Waals surface area contributed by atoms with Crippen molar-refractivity contribution in [1.82, 2.24) is 9.80 Å². The molecule has 0 spiro atoms. The number of halogens is 1. The lowest BCUT2D eigenvalue weighted by Gasteiger charge is -2.37. The number of carboxylic acids is 1. The number of piperazine rings is 1. The highest BCUT2D eigenvalue weighted by molar-refractivity contribution is 6.29. The summed E-state index contributed by atoms with van der Waals surface area (Å²) >= 11 is 5.74. The van der Waals surface area contributed by atoms with Gasteiger partial charge < -0.3 is 5.11 Å². The molecule has 2 rings (SSSR count). The Hall–Kier alpha value is -0.320. The van der Waals surface area contributed by atoms with Gasteiger partial charge in [0.05, 0.1) is 0 Å². The van der Waals surface area contributed by atoms with Crippen LogP contribution >= 0.6 is 11.6 Å². The van der Waals surface area contributed by atoms with Gasteiger partial charge in [-0.3, -0.25) is 14.6 Å². The molecule has 0 bridgehead atoms. The van der Waals surface area contributed by atoms with Crippen LogP contribution in [-0.4, -0.2) is 65.0 Å². The first kappa shape index (κ1) is 11.2. The normalized spacial score (nSPS) is 30.1. The monoisotopic (exact) mass is 232 g/mol. The lowest BCUT2D eigenvalue weighted by Crippen LogP contribution is -2.51. The van der Waals surface area contributed by atoms with Gasteiger partial charge in [0.2, 0.25) is 0 Å². The third kappa shape index (κ3) is 2.62. The highest BCUT2D eigenvalue weighted by Gasteiger charge is 2.31. The molecule has 0 aliphatic carbocycles. The van der Waals surface area contributed by atoms with Crippen LogP contribution in [0, 0.1) is 0 Å². The smallest absolute Gasteiger partial charge is 0.322 e. The third-order valence-corrected chi connectivity index (χ3v) is 3.68. The second-order valence-electron chi connectivity index (χ2n) is 4.40. The minimum absolute atomic E-state index is 0.473. The van der Waals surface area contributed by atoms with Crippen molar-refractivity contribution in [2.75, 3.05) is 32.7 Å². The van der Waals surface area contributed by atoms with E-state index in [1.54, 1.807) is 0 Å². The minimum atomic E-state index is -0.912. The molecule has 2 aliphatic heterocycles. The van der Waals surface area contributed by atoms with Gasteiger partial charge in [-0.05, 0) is 19.4 Å². The highest BCUT2D eigenvalue weighted by atomic mass is 35.5. The molecule has 0 aromatic rings. The second-order valence-corrected chi connectivity index (χ2v) is 4.92. The van der Waals surface area contributed by atoms with E-state index in [4.69, 9.17) is 16.7 Å². The maximum absolute atomic E-state index is 10.6. The Balaban J connectivity index is 1.82. The highest BCUT2D eigenvalue weighted by Crippen LogP contribution is 2.21. The number of aliphatic carboxylic acids is 1. The van der Waals surface area contributed by atoms with E-state index in [0.717, 1.165) is 19.6 Å². The third-order valence-electron chi connectivity index (χ3n) is 3.36. The van der Waals surface area contributed by atoms with Crippen LogP contribution < -0.4 is 0 Å². The van der Waals surface area contributed by atoms with E-state index >= 15 is 0 Å². The summed E-state index contributed by atoms with van der Waals surface area (Å²) in [5.74, 6) is -0.912. The molecule has 86 valence electrons. The fourth-order valence-electron chi connectivity index (χ4n) is 2.53. The van der Waals surface area contributed by atoms with Crippen LogP contribution in [0.5, 0.6) is 0 Å². The van der Waals surface area contributed by atoms with Crippen LogP contribution in [0.2, 0.25) is 0 Å². The Bertz CT molecular complexity index is 250. The quantitative estimate of drug-likeness (QED) is 0.718. The van der Waals surface area contributed by atoms with E-state index < -0.39 is 11.3 Å². The number of nitrogens with zero attached hydrogens (tertiary/aromatic N) is 2. The van der Waals surface area contributed by atoms with Crippen LogP contribution in [0.25, 0.3) is 0 Å². The maximum atomic E-state index is 10.6. The lowest BCUT2D eigenvalue weighted by atomic mass is 10.1. The standard InChI is InChI=1S/C10H17ClN2O2/c11-9(10(14)15)7-12-4-5-13-3-1-2-8(13)6-12/h8-9H,1-7H2,(H,14,15). The molecule has 2 unspecified atom stereocenters. The zero-order valence-corrected chi connectivity index (χ0v) is 9.49. The second kappa shape index (κ2) is 4.68. The SMILES string of the molecule is O=C(O)C(Cl)CN1CCN2CCCC2C1. The van der Waals surface area contributed by atoms with Gasteiger partial charge in [-0.15, -0.1) is 11.6 Å². The molecular weight excluding hydrogens is 216 g/mol. The number of fused-ring (bicyclic) bond motifs is 1. The summed E-state index contributed by atoms with van der Waals surface area (Å²) in [5.41, 5.74) is 0. The summed E-state index contributed by atoms with van der Waals surface area (Å²) in [7, 11) is 0. The van der Waals surface area contributed by atoms with Crippen molar-refractivity contribution < 1.29 is 9.90 Å². The Morgan fingerprint density at radius 2 is 2.27 bits per heavy atom. The van der Waals surface area contributed by atoms with Crippen LogP contribution in [0.4, 0.5) is 0 Å². The zero-order valence-electron chi connectivity index (χ0n) is 8.73. The van der Waals surface area contributed by atoms with E-state index in [1.807, 2.05) is 0 Å². The Morgan fingerprint density at radius 1 is 1.47 bits per heavy atom.